The van der Waals surface area contributed by atoms with Crippen LogP contribution < -0.4 is 15.5 Å². The van der Waals surface area contributed by atoms with Crippen molar-refractivity contribution in [3.05, 3.63) is 71.4 Å². The van der Waals surface area contributed by atoms with Gasteiger partial charge in [-0.3, -0.25) is 9.59 Å². The lowest BCUT2D eigenvalue weighted by molar-refractivity contribution is -0.129. The number of hydrogen-bond acceptors (Lipinski definition) is 8. The second kappa shape index (κ2) is 10.7. The number of hydrogen-bond donors (Lipinski definition) is 2. The normalized spacial score (nSPS) is 13.2. The molecule has 0 bridgehead atoms. The van der Waals surface area contributed by atoms with E-state index < -0.39 is 0 Å². The quantitative estimate of drug-likeness (QED) is 0.505. The number of Topliss-reactive ketones (excluding diaryl/α,β-unsaturated/α-hetero) is 1. The van der Waals surface area contributed by atoms with Crippen molar-refractivity contribution < 1.29 is 9.59 Å². The number of carbonyl (C=O) groups excluding carboxylic acids is 2. The van der Waals surface area contributed by atoms with Crippen LogP contribution in [-0.4, -0.2) is 53.0 Å². The number of aromatic nitrogens is 2. The van der Waals surface area contributed by atoms with Gasteiger partial charge in [-0.15, -0.1) is 10.2 Å². The molecule has 178 valence electrons. The summed E-state index contributed by atoms with van der Waals surface area (Å²) in [5.41, 5.74) is 4.26. The molecule has 9 nitrogen and oxygen atoms in total. The topological polar surface area (TPSA) is 114 Å². The second-order valence-electron chi connectivity index (χ2n) is 8.38. The van der Waals surface area contributed by atoms with Gasteiger partial charge in [0, 0.05) is 64.0 Å². The molecule has 2 heterocycles. The number of ketones is 1. The van der Waals surface area contributed by atoms with E-state index in [1.165, 1.54) is 6.92 Å². The Morgan fingerprint density at radius 3 is 2.40 bits per heavy atom. The van der Waals surface area contributed by atoms with Gasteiger partial charge in [0.1, 0.15) is 0 Å². The van der Waals surface area contributed by atoms with Crippen LogP contribution in [0.2, 0.25) is 0 Å². The van der Waals surface area contributed by atoms with Gasteiger partial charge in [0.25, 0.3) is 0 Å². The van der Waals surface area contributed by atoms with Crippen LogP contribution in [0.1, 0.15) is 35.5 Å². The molecule has 0 saturated carbocycles. The zero-order chi connectivity index (χ0) is 24.8. The minimum atomic E-state index is -0.188. The van der Waals surface area contributed by atoms with Gasteiger partial charge in [-0.1, -0.05) is 12.1 Å². The van der Waals surface area contributed by atoms with Gasteiger partial charge >= 0.3 is 0 Å². The van der Waals surface area contributed by atoms with Gasteiger partial charge in [0.15, 0.2) is 17.3 Å². The van der Waals surface area contributed by atoms with Gasteiger partial charge in [-0.25, -0.2) is 0 Å². The highest BCUT2D eigenvalue weighted by molar-refractivity contribution is 5.97. The average molecular weight is 470 g/mol. The maximum atomic E-state index is 12.1. The first kappa shape index (κ1) is 23.7. The van der Waals surface area contributed by atoms with Crippen molar-refractivity contribution in [1.82, 2.24) is 15.1 Å². The van der Waals surface area contributed by atoms with Gasteiger partial charge < -0.3 is 20.4 Å². The van der Waals surface area contributed by atoms with Crippen molar-refractivity contribution in [2.75, 3.05) is 41.7 Å². The van der Waals surface area contributed by atoms with Gasteiger partial charge in [-0.05, 0) is 42.0 Å². The zero-order valence-electron chi connectivity index (χ0n) is 19.8. The molecule has 0 aliphatic carbocycles. The molecule has 0 radical (unpaired) electrons. The lowest BCUT2D eigenvalue weighted by Crippen LogP contribution is -2.48. The molecule has 9 heteroatoms. The summed E-state index contributed by atoms with van der Waals surface area (Å²) in [7, 11) is 0. The summed E-state index contributed by atoms with van der Waals surface area (Å²) in [5.74, 6) is 0.434. The first-order valence-corrected chi connectivity index (χ1v) is 11.4. The highest BCUT2D eigenvalue weighted by Crippen LogP contribution is 2.24. The van der Waals surface area contributed by atoms with E-state index in [0.29, 0.717) is 23.6 Å². The lowest BCUT2D eigenvalue weighted by Gasteiger charge is -2.35. The SMILES string of the molecule is CC(=O)c1nnc(Nc2ccc(N3CCN(C(C)=O)CC3)cc2)cc1NCc1cccc(C#N)c1. The van der Waals surface area contributed by atoms with Crippen LogP contribution in [0.25, 0.3) is 0 Å². The Balaban J connectivity index is 1.44. The second-order valence-corrected chi connectivity index (χ2v) is 8.38. The van der Waals surface area contributed by atoms with E-state index in [4.69, 9.17) is 5.26 Å². The molecule has 4 rings (SSSR count). The number of nitrogens with one attached hydrogen (secondary N) is 2. The molecule has 1 aromatic heterocycles. The third-order valence-corrected chi connectivity index (χ3v) is 5.90. The molecule has 35 heavy (non-hydrogen) atoms. The maximum Gasteiger partial charge on any atom is 0.219 e. The predicted octanol–water partition coefficient (Wildman–Crippen LogP) is 3.58. The van der Waals surface area contributed by atoms with E-state index in [1.807, 2.05) is 41.3 Å². The molecule has 1 amide bonds. The van der Waals surface area contributed by atoms with Gasteiger partial charge in [0.05, 0.1) is 17.3 Å². The number of benzene rings is 2. The highest BCUT2D eigenvalue weighted by atomic mass is 16.2. The minimum absolute atomic E-state index is 0.116. The number of nitrogens with zero attached hydrogens (tertiary/aromatic N) is 5. The monoisotopic (exact) mass is 469 g/mol. The summed E-state index contributed by atoms with van der Waals surface area (Å²) >= 11 is 0. The van der Waals surface area contributed by atoms with E-state index in [2.05, 4.69) is 31.8 Å². The van der Waals surface area contributed by atoms with E-state index in [1.54, 1.807) is 25.1 Å². The van der Waals surface area contributed by atoms with Crippen molar-refractivity contribution in [2.45, 2.75) is 20.4 Å². The molecule has 2 aromatic carbocycles. The first-order valence-electron chi connectivity index (χ1n) is 11.4. The summed E-state index contributed by atoms with van der Waals surface area (Å²) in [5, 5.41) is 23.9. The Kier molecular flexibility index (Phi) is 7.21. The number of nitriles is 1. The molecule has 1 saturated heterocycles. The van der Waals surface area contributed by atoms with E-state index in [0.717, 1.165) is 43.1 Å². The Bertz CT molecular complexity index is 1260. The van der Waals surface area contributed by atoms with Crippen LogP contribution in [-0.2, 0) is 11.3 Å². The number of carbonyl (C=O) groups is 2. The minimum Gasteiger partial charge on any atom is -0.379 e. The Morgan fingerprint density at radius 2 is 1.74 bits per heavy atom. The van der Waals surface area contributed by atoms with Crippen molar-refractivity contribution >= 4 is 34.6 Å². The average Bonchev–Trinajstić information content (AvgIpc) is 2.88. The lowest BCUT2D eigenvalue weighted by atomic mass is 10.1. The maximum absolute atomic E-state index is 12.1. The molecule has 2 N–H and O–H groups in total. The summed E-state index contributed by atoms with van der Waals surface area (Å²) in [6.07, 6.45) is 0. The van der Waals surface area contributed by atoms with Crippen LogP contribution >= 0.6 is 0 Å². The van der Waals surface area contributed by atoms with E-state index in [-0.39, 0.29) is 17.4 Å². The van der Waals surface area contributed by atoms with Crippen LogP contribution in [0.4, 0.5) is 22.9 Å². The van der Waals surface area contributed by atoms with Crippen LogP contribution in [0.15, 0.2) is 54.6 Å². The number of amides is 1. The largest absolute Gasteiger partial charge is 0.379 e. The zero-order valence-corrected chi connectivity index (χ0v) is 19.8. The summed E-state index contributed by atoms with van der Waals surface area (Å²) in [6, 6.07) is 19.2. The number of piperazine rings is 1. The fourth-order valence-corrected chi connectivity index (χ4v) is 3.98. The summed E-state index contributed by atoms with van der Waals surface area (Å²) in [6.45, 7) is 6.55. The fraction of sp³-hybridized carbons (Fsp3) is 0.269. The molecular weight excluding hydrogens is 442 g/mol. The van der Waals surface area contributed by atoms with Crippen molar-refractivity contribution in [3.8, 4) is 6.07 Å². The summed E-state index contributed by atoms with van der Waals surface area (Å²) in [4.78, 5) is 27.7. The van der Waals surface area contributed by atoms with Crippen molar-refractivity contribution in [3.63, 3.8) is 0 Å². The smallest absolute Gasteiger partial charge is 0.219 e. The van der Waals surface area contributed by atoms with E-state index >= 15 is 0 Å². The molecule has 1 aliphatic rings. The van der Waals surface area contributed by atoms with Gasteiger partial charge in [-0.2, -0.15) is 5.26 Å². The standard InChI is InChI=1S/C26H27N7O2/c1-18(34)26-24(28-17-21-5-3-4-20(14-21)16-27)15-25(30-31-26)29-22-6-8-23(9-7-22)33-12-10-32(11-13-33)19(2)35/h3-9,14-15H,10-13,17H2,1-2H3,(H2,28,29,30). The molecule has 0 atom stereocenters. The summed E-state index contributed by atoms with van der Waals surface area (Å²) < 4.78 is 0. The third-order valence-electron chi connectivity index (χ3n) is 5.90. The number of anilines is 4. The first-order chi connectivity index (χ1) is 16.9. The van der Waals surface area contributed by atoms with Crippen LogP contribution in [0, 0.1) is 11.3 Å². The van der Waals surface area contributed by atoms with Gasteiger partial charge in [0.2, 0.25) is 5.91 Å². The molecule has 1 fully saturated rings. The predicted molar refractivity (Wildman–Crippen MR) is 135 cm³/mol. The van der Waals surface area contributed by atoms with Crippen molar-refractivity contribution in [2.24, 2.45) is 0 Å². The van der Waals surface area contributed by atoms with E-state index in [9.17, 15) is 9.59 Å². The molecule has 3 aromatic rings. The molecule has 0 unspecified atom stereocenters. The van der Waals surface area contributed by atoms with Crippen LogP contribution in [0.3, 0.4) is 0 Å². The van der Waals surface area contributed by atoms with Crippen LogP contribution in [0.5, 0.6) is 0 Å². The number of rotatable bonds is 7. The third kappa shape index (κ3) is 5.92. The van der Waals surface area contributed by atoms with Crippen molar-refractivity contribution in [1.29, 1.82) is 5.26 Å². The highest BCUT2D eigenvalue weighted by Gasteiger charge is 2.18. The Hall–Kier alpha value is -4.45. The Morgan fingerprint density at radius 1 is 1.00 bits per heavy atom. The molecule has 1 aliphatic heterocycles. The fourth-order valence-electron chi connectivity index (χ4n) is 3.98. The molecule has 0 spiro atoms. The molecular formula is C26H27N7O2. The Labute approximate surface area is 204 Å².